The summed E-state index contributed by atoms with van der Waals surface area (Å²) in [5.74, 6) is -0.475. The standard InChI is InChI=1S/C15H28N2O5/c1-5-20-13(21-6-2)8-7-9-17(15(16)19)10-11-22-14(18)12(3)4/h13H,3,5-11H2,1-2,4H3,(H2,16,19). The second-order valence-electron chi connectivity index (χ2n) is 4.72. The summed E-state index contributed by atoms with van der Waals surface area (Å²) in [7, 11) is 0. The third-order valence-corrected chi connectivity index (χ3v) is 2.83. The molecule has 0 saturated heterocycles. The number of hydrogen-bond donors (Lipinski definition) is 1. The molecule has 0 unspecified atom stereocenters. The van der Waals surface area contributed by atoms with Gasteiger partial charge in [0.15, 0.2) is 6.29 Å². The van der Waals surface area contributed by atoms with E-state index in [0.717, 1.165) is 0 Å². The van der Waals surface area contributed by atoms with Crippen LogP contribution >= 0.6 is 0 Å². The Morgan fingerprint density at radius 2 is 1.77 bits per heavy atom. The molecular weight excluding hydrogens is 288 g/mol. The molecule has 128 valence electrons. The van der Waals surface area contributed by atoms with E-state index in [0.29, 0.717) is 38.2 Å². The van der Waals surface area contributed by atoms with Crippen molar-refractivity contribution in [2.24, 2.45) is 5.73 Å². The zero-order chi connectivity index (χ0) is 17.0. The number of primary amides is 1. The molecule has 0 spiro atoms. The zero-order valence-corrected chi connectivity index (χ0v) is 13.8. The number of rotatable bonds is 12. The minimum absolute atomic E-state index is 0.0922. The first-order chi connectivity index (χ1) is 10.4. The lowest BCUT2D eigenvalue weighted by molar-refractivity contribution is -0.140. The van der Waals surface area contributed by atoms with Gasteiger partial charge in [-0.2, -0.15) is 0 Å². The van der Waals surface area contributed by atoms with Crippen molar-refractivity contribution in [1.29, 1.82) is 0 Å². The Kier molecular flexibility index (Phi) is 11.1. The smallest absolute Gasteiger partial charge is 0.333 e. The van der Waals surface area contributed by atoms with Gasteiger partial charge >= 0.3 is 12.0 Å². The second-order valence-corrected chi connectivity index (χ2v) is 4.72. The Hall–Kier alpha value is -1.60. The highest BCUT2D eigenvalue weighted by atomic mass is 16.7. The average molecular weight is 316 g/mol. The molecule has 0 aliphatic rings. The van der Waals surface area contributed by atoms with Crippen LogP contribution < -0.4 is 5.73 Å². The summed E-state index contributed by atoms with van der Waals surface area (Å²) < 4.78 is 15.8. The van der Waals surface area contributed by atoms with Crippen LogP contribution in [-0.2, 0) is 19.0 Å². The van der Waals surface area contributed by atoms with E-state index in [9.17, 15) is 9.59 Å². The van der Waals surface area contributed by atoms with Gasteiger partial charge in [-0.05, 0) is 27.2 Å². The summed E-state index contributed by atoms with van der Waals surface area (Å²) in [6.07, 6.45) is 1.07. The summed E-state index contributed by atoms with van der Waals surface area (Å²) in [4.78, 5) is 24.0. The number of nitrogens with zero attached hydrogens (tertiary/aromatic N) is 1. The molecule has 7 heteroatoms. The number of carbonyl (C=O) groups excluding carboxylic acids is 2. The van der Waals surface area contributed by atoms with E-state index in [1.54, 1.807) is 6.92 Å². The topological polar surface area (TPSA) is 91.1 Å². The lowest BCUT2D eigenvalue weighted by atomic mass is 10.3. The first-order valence-electron chi connectivity index (χ1n) is 7.52. The molecule has 0 radical (unpaired) electrons. The minimum atomic E-state index is -0.546. The van der Waals surface area contributed by atoms with Gasteiger partial charge < -0.3 is 24.8 Å². The largest absolute Gasteiger partial charge is 0.460 e. The number of amides is 2. The van der Waals surface area contributed by atoms with E-state index >= 15 is 0 Å². The van der Waals surface area contributed by atoms with Crippen molar-refractivity contribution in [3.8, 4) is 0 Å². The quantitative estimate of drug-likeness (QED) is 0.336. The first-order valence-corrected chi connectivity index (χ1v) is 7.52. The van der Waals surface area contributed by atoms with Gasteiger partial charge in [-0.1, -0.05) is 6.58 Å². The number of esters is 1. The van der Waals surface area contributed by atoms with E-state index < -0.39 is 12.0 Å². The Labute approximate surface area is 132 Å². The van der Waals surface area contributed by atoms with Crippen molar-refractivity contribution in [3.63, 3.8) is 0 Å². The molecule has 2 amide bonds. The zero-order valence-electron chi connectivity index (χ0n) is 13.8. The van der Waals surface area contributed by atoms with E-state index in [-0.39, 0.29) is 19.4 Å². The molecule has 0 fully saturated rings. The molecular formula is C15H28N2O5. The van der Waals surface area contributed by atoms with Crippen LogP contribution in [0.15, 0.2) is 12.2 Å². The van der Waals surface area contributed by atoms with Gasteiger partial charge in [0.1, 0.15) is 6.61 Å². The monoisotopic (exact) mass is 316 g/mol. The van der Waals surface area contributed by atoms with E-state index in [2.05, 4.69) is 6.58 Å². The van der Waals surface area contributed by atoms with Gasteiger partial charge in [0.2, 0.25) is 0 Å². The third kappa shape index (κ3) is 9.36. The van der Waals surface area contributed by atoms with Crippen molar-refractivity contribution < 1.29 is 23.8 Å². The molecule has 2 N–H and O–H groups in total. The molecule has 7 nitrogen and oxygen atoms in total. The molecule has 0 aromatic heterocycles. The maximum absolute atomic E-state index is 11.4. The highest BCUT2D eigenvalue weighted by molar-refractivity contribution is 5.86. The van der Waals surface area contributed by atoms with Gasteiger partial charge in [0.25, 0.3) is 0 Å². The highest BCUT2D eigenvalue weighted by Crippen LogP contribution is 2.06. The molecule has 0 heterocycles. The van der Waals surface area contributed by atoms with Crippen LogP contribution in [0.5, 0.6) is 0 Å². The molecule has 0 bridgehead atoms. The number of nitrogens with two attached hydrogens (primary N) is 1. The summed E-state index contributed by atoms with van der Waals surface area (Å²) in [5.41, 5.74) is 5.64. The van der Waals surface area contributed by atoms with Gasteiger partial charge in [0, 0.05) is 31.8 Å². The number of ether oxygens (including phenoxy) is 3. The van der Waals surface area contributed by atoms with Crippen molar-refractivity contribution in [2.45, 2.75) is 39.9 Å². The number of carbonyl (C=O) groups is 2. The molecule has 0 saturated carbocycles. The van der Waals surface area contributed by atoms with Crippen LogP contribution in [0.2, 0.25) is 0 Å². The Morgan fingerprint density at radius 1 is 1.18 bits per heavy atom. The minimum Gasteiger partial charge on any atom is -0.460 e. The molecule has 0 aromatic carbocycles. The van der Waals surface area contributed by atoms with Crippen LogP contribution in [0.3, 0.4) is 0 Å². The summed E-state index contributed by atoms with van der Waals surface area (Å²) in [6, 6.07) is -0.546. The number of urea groups is 1. The second kappa shape index (κ2) is 12.0. The van der Waals surface area contributed by atoms with Gasteiger partial charge in [0.05, 0.1) is 6.54 Å². The van der Waals surface area contributed by atoms with E-state index in [1.165, 1.54) is 4.90 Å². The summed E-state index contributed by atoms with van der Waals surface area (Å²) in [5, 5.41) is 0. The van der Waals surface area contributed by atoms with Gasteiger partial charge in [-0.3, -0.25) is 0 Å². The Balaban J connectivity index is 4.11. The van der Waals surface area contributed by atoms with Crippen LogP contribution in [0.25, 0.3) is 0 Å². The summed E-state index contributed by atoms with van der Waals surface area (Å²) >= 11 is 0. The Bertz CT molecular complexity index is 354. The molecule has 0 atom stereocenters. The van der Waals surface area contributed by atoms with Crippen LogP contribution in [-0.4, -0.2) is 56.1 Å². The fourth-order valence-corrected chi connectivity index (χ4v) is 1.74. The lowest BCUT2D eigenvalue weighted by Crippen LogP contribution is -2.39. The van der Waals surface area contributed by atoms with Gasteiger partial charge in [-0.15, -0.1) is 0 Å². The summed E-state index contributed by atoms with van der Waals surface area (Å²) in [6.45, 7) is 10.8. The predicted molar refractivity (Wildman–Crippen MR) is 83.2 cm³/mol. The lowest BCUT2D eigenvalue weighted by Gasteiger charge is -2.22. The fourth-order valence-electron chi connectivity index (χ4n) is 1.74. The molecule has 0 aliphatic carbocycles. The average Bonchev–Trinajstić information content (AvgIpc) is 2.45. The SMILES string of the molecule is C=C(C)C(=O)OCCN(CCCC(OCC)OCC)C(N)=O. The fraction of sp³-hybridized carbons (Fsp3) is 0.733. The molecule has 0 rings (SSSR count). The van der Waals surface area contributed by atoms with Crippen molar-refractivity contribution >= 4 is 12.0 Å². The normalized spacial score (nSPS) is 10.5. The molecule has 0 aromatic rings. The highest BCUT2D eigenvalue weighted by Gasteiger charge is 2.13. The number of hydrogen-bond acceptors (Lipinski definition) is 5. The predicted octanol–water partition coefficient (Wildman–Crippen LogP) is 1.67. The molecule has 22 heavy (non-hydrogen) atoms. The maximum Gasteiger partial charge on any atom is 0.333 e. The third-order valence-electron chi connectivity index (χ3n) is 2.83. The van der Waals surface area contributed by atoms with Crippen molar-refractivity contribution in [1.82, 2.24) is 4.90 Å². The Morgan fingerprint density at radius 3 is 2.23 bits per heavy atom. The van der Waals surface area contributed by atoms with Crippen molar-refractivity contribution in [2.75, 3.05) is 32.9 Å². The molecule has 0 aliphatic heterocycles. The van der Waals surface area contributed by atoms with E-state index in [4.69, 9.17) is 19.9 Å². The maximum atomic E-state index is 11.4. The first kappa shape index (κ1) is 20.4. The van der Waals surface area contributed by atoms with Crippen LogP contribution in [0, 0.1) is 0 Å². The van der Waals surface area contributed by atoms with Crippen LogP contribution in [0.4, 0.5) is 4.79 Å². The van der Waals surface area contributed by atoms with Gasteiger partial charge in [-0.25, -0.2) is 9.59 Å². The van der Waals surface area contributed by atoms with Crippen LogP contribution in [0.1, 0.15) is 33.6 Å². The van der Waals surface area contributed by atoms with Crippen molar-refractivity contribution in [3.05, 3.63) is 12.2 Å². The van der Waals surface area contributed by atoms with E-state index in [1.807, 2.05) is 13.8 Å².